The number of aliphatic carboxylic acids is 1. The Kier molecular flexibility index (Phi) is 4.74. The second kappa shape index (κ2) is 6.42. The van der Waals surface area contributed by atoms with Crippen LogP contribution >= 0.6 is 0 Å². The minimum absolute atomic E-state index is 0.00792. The van der Waals surface area contributed by atoms with E-state index in [1.165, 1.54) is 16.7 Å². The molecule has 3 heteroatoms. The Balaban J connectivity index is 2.15. The first-order chi connectivity index (χ1) is 11.7. The SMILES string of the molecule is CCO[C@H]1C[C@H]2[C@](C)(C(=O)O)CCC[C@]2(C)c2ccc(C(C)C)cc21. The Hall–Kier alpha value is -1.35. The molecule has 1 N–H and O–H groups in total. The van der Waals surface area contributed by atoms with Gasteiger partial charge in [-0.3, -0.25) is 4.79 Å². The molecule has 0 bridgehead atoms. The molecule has 0 amide bonds. The molecule has 2 aliphatic carbocycles. The van der Waals surface area contributed by atoms with Crippen LogP contribution in [0.5, 0.6) is 0 Å². The number of carboxylic acid groups (broad SMARTS) is 1. The average molecular weight is 344 g/mol. The van der Waals surface area contributed by atoms with E-state index in [0.717, 1.165) is 25.7 Å². The van der Waals surface area contributed by atoms with Gasteiger partial charge in [0.05, 0.1) is 11.5 Å². The Labute approximate surface area is 151 Å². The maximum Gasteiger partial charge on any atom is 0.309 e. The number of ether oxygens (including phenoxy) is 1. The van der Waals surface area contributed by atoms with Crippen molar-refractivity contribution >= 4 is 5.97 Å². The minimum Gasteiger partial charge on any atom is -0.481 e. The van der Waals surface area contributed by atoms with E-state index in [2.05, 4.69) is 39.0 Å². The van der Waals surface area contributed by atoms with E-state index in [-0.39, 0.29) is 17.4 Å². The van der Waals surface area contributed by atoms with Crippen LogP contribution < -0.4 is 0 Å². The first-order valence-corrected chi connectivity index (χ1v) is 9.73. The van der Waals surface area contributed by atoms with Gasteiger partial charge in [-0.25, -0.2) is 0 Å². The topological polar surface area (TPSA) is 46.5 Å². The third-order valence-electron chi connectivity index (χ3n) is 6.94. The summed E-state index contributed by atoms with van der Waals surface area (Å²) in [5.74, 6) is -0.0603. The third kappa shape index (κ3) is 2.81. The van der Waals surface area contributed by atoms with Gasteiger partial charge in [0.2, 0.25) is 0 Å². The fourth-order valence-electron chi connectivity index (χ4n) is 5.40. The van der Waals surface area contributed by atoms with Gasteiger partial charge < -0.3 is 9.84 Å². The minimum atomic E-state index is -0.670. The van der Waals surface area contributed by atoms with Crippen molar-refractivity contribution in [2.24, 2.45) is 11.3 Å². The highest BCUT2D eigenvalue weighted by molar-refractivity contribution is 5.75. The lowest BCUT2D eigenvalue weighted by Gasteiger charge is -2.55. The molecule has 0 radical (unpaired) electrons. The van der Waals surface area contributed by atoms with Gasteiger partial charge in [-0.2, -0.15) is 0 Å². The summed E-state index contributed by atoms with van der Waals surface area (Å²) < 4.78 is 6.12. The lowest BCUT2D eigenvalue weighted by molar-refractivity contribution is -0.159. The van der Waals surface area contributed by atoms with E-state index >= 15 is 0 Å². The zero-order valence-electron chi connectivity index (χ0n) is 16.3. The van der Waals surface area contributed by atoms with Crippen LogP contribution in [0.2, 0.25) is 0 Å². The summed E-state index contributed by atoms with van der Waals surface area (Å²) in [5.41, 5.74) is 3.20. The van der Waals surface area contributed by atoms with Crippen molar-refractivity contribution in [3.8, 4) is 0 Å². The molecule has 25 heavy (non-hydrogen) atoms. The Morgan fingerprint density at radius 1 is 1.32 bits per heavy atom. The monoisotopic (exact) mass is 344 g/mol. The molecule has 0 aliphatic heterocycles. The lowest BCUT2D eigenvalue weighted by Crippen LogP contribution is -2.53. The van der Waals surface area contributed by atoms with Crippen molar-refractivity contribution in [2.45, 2.75) is 77.7 Å². The van der Waals surface area contributed by atoms with Crippen molar-refractivity contribution in [2.75, 3.05) is 6.61 Å². The number of benzene rings is 1. The second-order valence-electron chi connectivity index (χ2n) is 8.73. The van der Waals surface area contributed by atoms with Crippen LogP contribution in [-0.4, -0.2) is 17.7 Å². The van der Waals surface area contributed by atoms with Gasteiger partial charge in [0, 0.05) is 6.61 Å². The number of hydrogen-bond acceptors (Lipinski definition) is 2. The van der Waals surface area contributed by atoms with Gasteiger partial charge in [0.25, 0.3) is 0 Å². The number of hydrogen-bond donors (Lipinski definition) is 1. The van der Waals surface area contributed by atoms with E-state index in [1.54, 1.807) is 0 Å². The molecular weight excluding hydrogens is 312 g/mol. The summed E-state index contributed by atoms with van der Waals surface area (Å²) >= 11 is 0. The molecule has 4 atom stereocenters. The van der Waals surface area contributed by atoms with Crippen molar-refractivity contribution in [3.63, 3.8) is 0 Å². The average Bonchev–Trinajstić information content (AvgIpc) is 2.56. The predicted molar refractivity (Wildman–Crippen MR) is 100.0 cm³/mol. The molecule has 0 aromatic heterocycles. The van der Waals surface area contributed by atoms with Gasteiger partial charge >= 0.3 is 5.97 Å². The molecule has 1 aromatic rings. The highest BCUT2D eigenvalue weighted by Crippen LogP contribution is 2.60. The molecule has 138 valence electrons. The summed E-state index contributed by atoms with van der Waals surface area (Å²) in [4.78, 5) is 12.2. The highest BCUT2D eigenvalue weighted by atomic mass is 16.5. The van der Waals surface area contributed by atoms with Crippen LogP contribution in [0.25, 0.3) is 0 Å². The normalized spacial score (nSPS) is 34.5. The third-order valence-corrected chi connectivity index (χ3v) is 6.94. The van der Waals surface area contributed by atoms with Crippen molar-refractivity contribution in [1.29, 1.82) is 0 Å². The zero-order valence-corrected chi connectivity index (χ0v) is 16.3. The standard InChI is InChI=1S/C22H32O3/c1-6-25-18-13-19-21(4,10-7-11-22(19,5)20(23)24)17-9-8-15(14(2)3)12-16(17)18/h8-9,12,14,18-19H,6-7,10-11,13H2,1-5H3,(H,23,24)/t18-,19+,21+,22+/m0/s1. The van der Waals surface area contributed by atoms with Crippen LogP contribution in [0.3, 0.4) is 0 Å². The molecule has 3 nitrogen and oxygen atoms in total. The van der Waals surface area contributed by atoms with E-state index in [4.69, 9.17) is 4.74 Å². The fraction of sp³-hybridized carbons (Fsp3) is 0.682. The molecule has 1 saturated carbocycles. The van der Waals surface area contributed by atoms with Gasteiger partial charge in [0.1, 0.15) is 0 Å². The Bertz CT molecular complexity index is 665. The maximum atomic E-state index is 12.2. The maximum absolute atomic E-state index is 12.2. The highest BCUT2D eigenvalue weighted by Gasteiger charge is 2.57. The molecule has 1 fully saturated rings. The number of fused-ring (bicyclic) bond motifs is 3. The summed E-state index contributed by atoms with van der Waals surface area (Å²) in [7, 11) is 0. The smallest absolute Gasteiger partial charge is 0.309 e. The van der Waals surface area contributed by atoms with E-state index < -0.39 is 11.4 Å². The summed E-state index contributed by atoms with van der Waals surface area (Å²) in [5, 5.41) is 9.99. The number of carboxylic acids is 1. The molecule has 0 spiro atoms. The molecule has 0 saturated heterocycles. The van der Waals surface area contributed by atoms with E-state index in [1.807, 2.05) is 13.8 Å². The largest absolute Gasteiger partial charge is 0.481 e. The number of carbonyl (C=O) groups is 1. The van der Waals surface area contributed by atoms with Gasteiger partial charge in [-0.05, 0) is 67.1 Å². The predicted octanol–water partition coefficient (Wildman–Crippen LogP) is 5.44. The summed E-state index contributed by atoms with van der Waals surface area (Å²) in [6.07, 6.45) is 3.62. The summed E-state index contributed by atoms with van der Waals surface area (Å²) in [6, 6.07) is 6.80. The molecule has 1 aromatic carbocycles. The number of rotatable bonds is 4. The summed E-state index contributed by atoms with van der Waals surface area (Å²) in [6.45, 7) is 11.3. The zero-order chi connectivity index (χ0) is 18.4. The first-order valence-electron chi connectivity index (χ1n) is 9.73. The molecule has 0 unspecified atom stereocenters. The molecule has 0 heterocycles. The fourth-order valence-corrected chi connectivity index (χ4v) is 5.40. The quantitative estimate of drug-likeness (QED) is 0.791. The van der Waals surface area contributed by atoms with E-state index in [0.29, 0.717) is 12.5 Å². The van der Waals surface area contributed by atoms with Crippen LogP contribution in [-0.2, 0) is 14.9 Å². The first kappa shape index (κ1) is 18.4. The van der Waals surface area contributed by atoms with Gasteiger partial charge in [0.15, 0.2) is 0 Å². The van der Waals surface area contributed by atoms with Crippen LogP contribution in [0, 0.1) is 11.3 Å². The van der Waals surface area contributed by atoms with Crippen LogP contribution in [0.4, 0.5) is 0 Å². The molecular formula is C22H32O3. The molecule has 3 rings (SSSR count). The van der Waals surface area contributed by atoms with Gasteiger partial charge in [-0.1, -0.05) is 45.4 Å². The lowest BCUT2D eigenvalue weighted by atomic mass is 9.49. The van der Waals surface area contributed by atoms with Crippen LogP contribution in [0.1, 0.15) is 89.0 Å². The van der Waals surface area contributed by atoms with Crippen molar-refractivity contribution in [1.82, 2.24) is 0 Å². The van der Waals surface area contributed by atoms with E-state index in [9.17, 15) is 9.90 Å². The Morgan fingerprint density at radius 3 is 2.64 bits per heavy atom. The Morgan fingerprint density at radius 2 is 2.04 bits per heavy atom. The van der Waals surface area contributed by atoms with Crippen LogP contribution in [0.15, 0.2) is 18.2 Å². The molecule has 2 aliphatic rings. The van der Waals surface area contributed by atoms with Crippen molar-refractivity contribution < 1.29 is 14.6 Å². The van der Waals surface area contributed by atoms with Crippen molar-refractivity contribution in [3.05, 3.63) is 34.9 Å². The second-order valence-corrected chi connectivity index (χ2v) is 8.73. The van der Waals surface area contributed by atoms with Gasteiger partial charge in [-0.15, -0.1) is 0 Å².